The molecule has 0 aromatic carbocycles. The quantitative estimate of drug-likeness (QED) is 0.333. The molecule has 0 saturated carbocycles. The summed E-state index contributed by atoms with van der Waals surface area (Å²) in [4.78, 5) is 23.3. The highest BCUT2D eigenvalue weighted by atomic mass is 79.9. The topological polar surface area (TPSA) is 66.4 Å². The molecule has 0 fully saturated rings. The Morgan fingerprint density at radius 1 is 1.19 bits per heavy atom. The molecule has 1 atom stereocenters. The van der Waals surface area contributed by atoms with Gasteiger partial charge in [-0.25, -0.2) is 4.79 Å². The highest BCUT2D eigenvalue weighted by Gasteiger charge is 2.20. The molecule has 0 aliphatic heterocycles. The number of carbonyl (C=O) groups is 2. The maximum Gasteiger partial charge on any atom is 0.326 e. The van der Waals surface area contributed by atoms with Gasteiger partial charge in [0.1, 0.15) is 6.04 Å². The van der Waals surface area contributed by atoms with E-state index in [0.717, 1.165) is 23.7 Å². The molecule has 0 aliphatic rings. The van der Waals surface area contributed by atoms with Crippen molar-refractivity contribution in [3.8, 4) is 0 Å². The van der Waals surface area contributed by atoms with Crippen LogP contribution in [-0.2, 0) is 9.59 Å². The summed E-state index contributed by atoms with van der Waals surface area (Å²) in [6, 6.07) is -0.844. The lowest BCUT2D eigenvalue weighted by molar-refractivity contribution is -0.141. The lowest BCUT2D eigenvalue weighted by atomic mass is 9.87. The number of halogens is 1. The van der Waals surface area contributed by atoms with E-state index in [9.17, 15) is 14.7 Å². The first-order valence-corrected chi connectivity index (χ1v) is 9.92. The third kappa shape index (κ3) is 12.9. The van der Waals surface area contributed by atoms with Crippen LogP contribution in [0.1, 0.15) is 67.2 Å². The number of rotatable bonds is 11. The zero-order valence-electron chi connectivity index (χ0n) is 16.9. The zero-order valence-corrected chi connectivity index (χ0v) is 18.5. The first kappa shape index (κ1) is 24.6. The molecule has 1 amide bonds. The number of allylic oxidation sites excluding steroid dienone is 5. The summed E-state index contributed by atoms with van der Waals surface area (Å²) in [7, 11) is 0. The van der Waals surface area contributed by atoms with Gasteiger partial charge in [0.05, 0.1) is 0 Å². The fourth-order valence-electron chi connectivity index (χ4n) is 2.32. The standard InChI is InChI=1S/C21H34BrNO3/c1-15(2)14-18(20(25)26)23-19(24)11-13-21(5,6)12-10-16(3)8-7-9-17(4)22/h9-11,13,15,18H,7-8,12,14H2,1-6H3,(H,23,24)(H,25,26)/b13-11+,16-10+,17-9+/t18-/m0/s1. The van der Waals surface area contributed by atoms with E-state index >= 15 is 0 Å². The summed E-state index contributed by atoms with van der Waals surface area (Å²) < 4.78 is 1.15. The predicted molar refractivity (Wildman–Crippen MR) is 112 cm³/mol. The second kappa shape index (κ2) is 12.1. The predicted octanol–water partition coefficient (Wildman–Crippen LogP) is 5.60. The van der Waals surface area contributed by atoms with Gasteiger partial charge in [0.15, 0.2) is 0 Å². The second-order valence-electron chi connectivity index (χ2n) is 7.94. The minimum Gasteiger partial charge on any atom is -0.480 e. The van der Waals surface area contributed by atoms with Crippen LogP contribution in [0.4, 0.5) is 0 Å². The molecular formula is C21H34BrNO3. The maximum absolute atomic E-state index is 12.0. The van der Waals surface area contributed by atoms with Crippen LogP contribution in [0.2, 0.25) is 0 Å². The molecule has 148 valence electrons. The summed E-state index contributed by atoms with van der Waals surface area (Å²) in [6.45, 7) is 12.1. The Balaban J connectivity index is 4.64. The van der Waals surface area contributed by atoms with Gasteiger partial charge in [0.2, 0.25) is 5.91 Å². The zero-order chi connectivity index (χ0) is 20.3. The van der Waals surface area contributed by atoms with E-state index in [4.69, 9.17) is 0 Å². The molecule has 0 aromatic rings. The van der Waals surface area contributed by atoms with E-state index in [2.05, 4.69) is 54.2 Å². The molecule has 0 saturated heterocycles. The largest absolute Gasteiger partial charge is 0.480 e. The van der Waals surface area contributed by atoms with Crippen LogP contribution in [0.3, 0.4) is 0 Å². The second-order valence-corrected chi connectivity index (χ2v) is 9.19. The fraction of sp³-hybridized carbons (Fsp3) is 0.619. The van der Waals surface area contributed by atoms with Crippen molar-refractivity contribution < 1.29 is 14.7 Å². The van der Waals surface area contributed by atoms with Gasteiger partial charge < -0.3 is 10.4 Å². The number of carboxylic acid groups (broad SMARTS) is 1. The number of carboxylic acids is 1. The molecule has 0 radical (unpaired) electrons. The van der Waals surface area contributed by atoms with Gasteiger partial charge in [-0.1, -0.05) is 67.4 Å². The average Bonchev–Trinajstić information content (AvgIpc) is 2.50. The van der Waals surface area contributed by atoms with Crippen molar-refractivity contribution in [3.63, 3.8) is 0 Å². The van der Waals surface area contributed by atoms with Crippen LogP contribution in [0, 0.1) is 11.3 Å². The van der Waals surface area contributed by atoms with Crippen LogP contribution in [0.5, 0.6) is 0 Å². The van der Waals surface area contributed by atoms with Crippen molar-refractivity contribution >= 4 is 27.8 Å². The molecule has 0 spiro atoms. The minimum absolute atomic E-state index is 0.170. The third-order valence-corrected chi connectivity index (χ3v) is 4.27. The third-order valence-electron chi connectivity index (χ3n) is 3.95. The van der Waals surface area contributed by atoms with Gasteiger partial charge in [-0.2, -0.15) is 0 Å². The fourth-order valence-corrected chi connectivity index (χ4v) is 2.55. The molecule has 0 aliphatic carbocycles. The van der Waals surface area contributed by atoms with Gasteiger partial charge in [-0.3, -0.25) is 4.79 Å². The van der Waals surface area contributed by atoms with Crippen LogP contribution in [0.25, 0.3) is 0 Å². The molecule has 0 bridgehead atoms. The van der Waals surface area contributed by atoms with Crippen LogP contribution < -0.4 is 5.32 Å². The summed E-state index contributed by atoms with van der Waals surface area (Å²) in [5.74, 6) is -1.15. The molecule has 4 nitrogen and oxygen atoms in total. The maximum atomic E-state index is 12.0. The van der Waals surface area contributed by atoms with Crippen LogP contribution in [0.15, 0.2) is 34.4 Å². The minimum atomic E-state index is -0.994. The SMILES string of the molecule is C/C(Br)=C\CC/C(C)=C/CC(C)(C)/C=C/C(=O)N[C@@H](CC(C)C)C(=O)O. The molecule has 0 unspecified atom stereocenters. The number of carbonyl (C=O) groups excluding carboxylic acids is 1. The lowest BCUT2D eigenvalue weighted by Gasteiger charge is -2.19. The van der Waals surface area contributed by atoms with Crippen molar-refractivity contribution in [2.24, 2.45) is 11.3 Å². The van der Waals surface area contributed by atoms with E-state index < -0.39 is 12.0 Å². The van der Waals surface area contributed by atoms with Crippen molar-refractivity contribution in [3.05, 3.63) is 34.4 Å². The van der Waals surface area contributed by atoms with Gasteiger partial charge in [0.25, 0.3) is 0 Å². The first-order chi connectivity index (χ1) is 11.9. The average molecular weight is 428 g/mol. The van der Waals surface area contributed by atoms with Crippen LogP contribution in [-0.4, -0.2) is 23.0 Å². The van der Waals surface area contributed by atoms with E-state index in [1.54, 1.807) is 0 Å². The molecule has 0 rings (SSSR count). The van der Waals surface area contributed by atoms with Gasteiger partial charge in [0, 0.05) is 0 Å². The van der Waals surface area contributed by atoms with Crippen molar-refractivity contribution in [2.75, 3.05) is 0 Å². The van der Waals surface area contributed by atoms with E-state index in [0.29, 0.717) is 6.42 Å². The molecule has 0 heterocycles. The van der Waals surface area contributed by atoms with Crippen LogP contribution >= 0.6 is 15.9 Å². The monoisotopic (exact) mass is 427 g/mol. The number of nitrogens with one attached hydrogen (secondary N) is 1. The Morgan fingerprint density at radius 3 is 2.31 bits per heavy atom. The summed E-state index contributed by atoms with van der Waals surface area (Å²) in [6.07, 6.45) is 10.9. The number of hydrogen-bond acceptors (Lipinski definition) is 2. The number of amides is 1. The molecular weight excluding hydrogens is 394 g/mol. The Labute approximate surface area is 167 Å². The molecule has 0 aromatic heterocycles. The highest BCUT2D eigenvalue weighted by molar-refractivity contribution is 9.11. The van der Waals surface area contributed by atoms with E-state index in [-0.39, 0.29) is 17.2 Å². The molecule has 2 N–H and O–H groups in total. The Hall–Kier alpha value is -1.36. The number of aliphatic carboxylic acids is 1. The summed E-state index contributed by atoms with van der Waals surface area (Å²) in [5.41, 5.74) is 1.15. The van der Waals surface area contributed by atoms with Crippen molar-refractivity contribution in [2.45, 2.75) is 73.3 Å². The Kier molecular flexibility index (Phi) is 11.5. The van der Waals surface area contributed by atoms with Crippen molar-refractivity contribution in [1.82, 2.24) is 5.32 Å². The van der Waals surface area contributed by atoms with E-state index in [1.165, 1.54) is 11.6 Å². The highest BCUT2D eigenvalue weighted by Crippen LogP contribution is 2.24. The Morgan fingerprint density at radius 2 is 1.81 bits per heavy atom. The summed E-state index contributed by atoms with van der Waals surface area (Å²) in [5, 5.41) is 11.8. The van der Waals surface area contributed by atoms with Crippen molar-refractivity contribution in [1.29, 1.82) is 0 Å². The lowest BCUT2D eigenvalue weighted by Crippen LogP contribution is -2.41. The first-order valence-electron chi connectivity index (χ1n) is 9.13. The molecule has 5 heteroatoms. The molecule has 26 heavy (non-hydrogen) atoms. The van der Waals surface area contributed by atoms with E-state index in [1.807, 2.05) is 26.8 Å². The van der Waals surface area contributed by atoms with Gasteiger partial charge >= 0.3 is 5.97 Å². The normalized spacial score (nSPS) is 14.8. The smallest absolute Gasteiger partial charge is 0.326 e. The van der Waals surface area contributed by atoms with Gasteiger partial charge in [-0.05, 0) is 61.4 Å². The Bertz CT molecular complexity index is 556. The number of hydrogen-bond donors (Lipinski definition) is 2. The van der Waals surface area contributed by atoms with Gasteiger partial charge in [-0.15, -0.1) is 0 Å². The summed E-state index contributed by atoms with van der Waals surface area (Å²) >= 11 is 3.43.